The minimum atomic E-state index is -4.57. The van der Waals surface area contributed by atoms with Crippen LogP contribution in [0.1, 0.15) is 33.6 Å². The van der Waals surface area contributed by atoms with Gasteiger partial charge in [-0.3, -0.25) is 4.79 Å². The average molecular weight is 388 g/mol. The molecule has 1 aliphatic heterocycles. The Labute approximate surface area is 153 Å². The molecule has 1 aliphatic rings. The van der Waals surface area contributed by atoms with Gasteiger partial charge in [-0.05, 0) is 43.0 Å². The summed E-state index contributed by atoms with van der Waals surface area (Å²) in [6.45, 7) is 7.72. The van der Waals surface area contributed by atoms with E-state index in [4.69, 9.17) is 0 Å². The summed E-state index contributed by atoms with van der Waals surface area (Å²) in [5.74, 6) is -3.12. The molecule has 26 heavy (non-hydrogen) atoms. The van der Waals surface area contributed by atoms with Gasteiger partial charge in [-0.25, -0.2) is 8.42 Å². The van der Waals surface area contributed by atoms with Crippen LogP contribution in [-0.2, 0) is 14.6 Å². The van der Waals surface area contributed by atoms with E-state index in [1.54, 1.807) is 12.1 Å². The van der Waals surface area contributed by atoms with E-state index in [1.165, 1.54) is 12.1 Å². The third-order valence-electron chi connectivity index (χ3n) is 4.52. The van der Waals surface area contributed by atoms with Crippen LogP contribution in [0.25, 0.3) is 0 Å². The van der Waals surface area contributed by atoms with Crippen molar-refractivity contribution in [3.05, 3.63) is 24.3 Å². The molecular formula is C18H26F2N2O3S. The first kappa shape index (κ1) is 20.6. The Morgan fingerprint density at radius 3 is 2.42 bits per heavy atom. The fourth-order valence-corrected chi connectivity index (χ4v) is 3.64. The van der Waals surface area contributed by atoms with Crippen molar-refractivity contribution in [2.24, 2.45) is 11.3 Å². The van der Waals surface area contributed by atoms with Crippen molar-refractivity contribution >= 4 is 21.4 Å². The van der Waals surface area contributed by atoms with Crippen LogP contribution in [0.4, 0.5) is 14.5 Å². The number of nitrogens with zero attached hydrogens (tertiary/aromatic N) is 1. The van der Waals surface area contributed by atoms with Crippen molar-refractivity contribution < 1.29 is 22.0 Å². The lowest BCUT2D eigenvalue weighted by Gasteiger charge is -2.35. The van der Waals surface area contributed by atoms with Crippen molar-refractivity contribution in [1.29, 1.82) is 0 Å². The molecular weight excluding hydrogens is 362 g/mol. The number of carbonyl (C=O) groups is 1. The molecule has 0 radical (unpaired) electrons. The molecule has 8 heteroatoms. The number of halogens is 2. The summed E-state index contributed by atoms with van der Waals surface area (Å²) in [4.78, 5) is 13.7. The van der Waals surface area contributed by atoms with E-state index in [1.807, 2.05) is 20.8 Å². The van der Waals surface area contributed by atoms with Gasteiger partial charge in [-0.15, -0.1) is 0 Å². The number of alkyl halides is 2. The number of piperidine rings is 1. The monoisotopic (exact) mass is 388 g/mol. The lowest BCUT2D eigenvalue weighted by Crippen LogP contribution is -2.43. The van der Waals surface area contributed by atoms with E-state index >= 15 is 0 Å². The van der Waals surface area contributed by atoms with Crippen molar-refractivity contribution in [2.75, 3.05) is 24.5 Å². The van der Waals surface area contributed by atoms with Crippen molar-refractivity contribution in [1.82, 2.24) is 5.32 Å². The van der Waals surface area contributed by atoms with E-state index in [0.29, 0.717) is 12.5 Å². The fraction of sp³-hybridized carbons (Fsp3) is 0.611. The number of rotatable bonds is 5. The molecule has 1 fully saturated rings. The minimum Gasteiger partial charge on any atom is -0.371 e. The maximum atomic E-state index is 12.6. The molecule has 0 bridgehead atoms. The molecule has 1 N–H and O–H groups in total. The highest BCUT2D eigenvalue weighted by Gasteiger charge is 2.27. The quantitative estimate of drug-likeness (QED) is 0.842. The molecule has 1 heterocycles. The van der Waals surface area contributed by atoms with Crippen LogP contribution < -0.4 is 10.2 Å². The Hall–Kier alpha value is -1.70. The largest absolute Gasteiger partial charge is 0.371 e. The topological polar surface area (TPSA) is 66.5 Å². The second-order valence-corrected chi connectivity index (χ2v) is 9.63. The Balaban J connectivity index is 2.00. The predicted molar refractivity (Wildman–Crippen MR) is 97.0 cm³/mol. The van der Waals surface area contributed by atoms with Crippen LogP contribution >= 0.6 is 0 Å². The molecule has 0 aromatic heterocycles. The van der Waals surface area contributed by atoms with E-state index in [2.05, 4.69) is 10.2 Å². The molecule has 0 saturated carbocycles. The second kappa shape index (κ2) is 7.90. The van der Waals surface area contributed by atoms with Crippen molar-refractivity contribution in [3.8, 4) is 0 Å². The van der Waals surface area contributed by atoms with Crippen molar-refractivity contribution in [2.45, 2.75) is 44.3 Å². The number of sulfone groups is 1. The third kappa shape index (κ3) is 4.93. The zero-order valence-electron chi connectivity index (χ0n) is 15.3. The number of carbonyl (C=O) groups excluding carboxylic acids is 1. The molecule has 1 aromatic rings. The number of anilines is 1. The molecule has 2 rings (SSSR count). The predicted octanol–water partition coefficient (Wildman–Crippen LogP) is 3.06. The Kier molecular flexibility index (Phi) is 6.26. The molecule has 1 atom stereocenters. The maximum Gasteiger partial charge on any atom is 0.341 e. The van der Waals surface area contributed by atoms with Gasteiger partial charge in [0.05, 0.1) is 4.90 Å². The summed E-state index contributed by atoms with van der Waals surface area (Å²) in [7, 11) is -4.57. The second-order valence-electron chi connectivity index (χ2n) is 7.71. The zero-order valence-corrected chi connectivity index (χ0v) is 16.2. The van der Waals surface area contributed by atoms with Gasteiger partial charge >= 0.3 is 5.76 Å². The van der Waals surface area contributed by atoms with E-state index in [9.17, 15) is 22.0 Å². The summed E-state index contributed by atoms with van der Waals surface area (Å²) in [5.41, 5.74) is 0.366. The molecule has 146 valence electrons. The number of hydrogen-bond acceptors (Lipinski definition) is 4. The highest BCUT2D eigenvalue weighted by Crippen LogP contribution is 2.26. The maximum absolute atomic E-state index is 12.6. The molecule has 1 saturated heterocycles. The van der Waals surface area contributed by atoms with Gasteiger partial charge in [-0.1, -0.05) is 20.8 Å². The van der Waals surface area contributed by atoms with Crippen LogP contribution in [0.3, 0.4) is 0 Å². The average Bonchev–Trinajstić information content (AvgIpc) is 2.59. The Bertz CT molecular complexity index is 728. The lowest BCUT2D eigenvalue weighted by molar-refractivity contribution is -0.128. The SMILES string of the molecule is CC(C)(C)C(=O)NCC1CCCN(c2ccc(S(=O)(=O)C(F)F)cc2)C1. The summed E-state index contributed by atoms with van der Waals surface area (Å²) in [6, 6.07) is 5.57. The van der Waals surface area contributed by atoms with Gasteiger partial charge < -0.3 is 10.2 Å². The highest BCUT2D eigenvalue weighted by atomic mass is 32.2. The Morgan fingerprint density at radius 2 is 1.88 bits per heavy atom. The van der Waals surface area contributed by atoms with Crippen LogP contribution in [-0.4, -0.2) is 39.7 Å². The molecule has 1 aromatic carbocycles. The highest BCUT2D eigenvalue weighted by molar-refractivity contribution is 7.91. The number of amides is 1. The standard InChI is InChI=1S/C18H26F2N2O3S/c1-18(2,3)16(23)21-11-13-5-4-10-22(12-13)14-6-8-15(9-7-14)26(24,25)17(19)20/h6-9,13,17H,4-5,10-12H2,1-3H3,(H,21,23). The molecule has 1 amide bonds. The molecule has 0 aliphatic carbocycles. The van der Waals surface area contributed by atoms with Gasteiger partial charge in [0, 0.05) is 30.7 Å². The van der Waals surface area contributed by atoms with Crippen LogP contribution in [0.15, 0.2) is 29.2 Å². The van der Waals surface area contributed by atoms with Gasteiger partial charge in [0.15, 0.2) is 0 Å². The van der Waals surface area contributed by atoms with Crippen molar-refractivity contribution in [3.63, 3.8) is 0 Å². The molecule has 1 unspecified atom stereocenters. The van der Waals surface area contributed by atoms with Gasteiger partial charge in [0.1, 0.15) is 0 Å². The summed E-state index contributed by atoms with van der Waals surface area (Å²) >= 11 is 0. The fourth-order valence-electron chi connectivity index (χ4n) is 2.92. The Morgan fingerprint density at radius 1 is 1.27 bits per heavy atom. The first-order chi connectivity index (χ1) is 12.0. The molecule has 0 spiro atoms. The van der Waals surface area contributed by atoms with Gasteiger partial charge in [0.2, 0.25) is 15.7 Å². The number of hydrogen-bond donors (Lipinski definition) is 1. The van der Waals surface area contributed by atoms with Crippen LogP contribution in [0, 0.1) is 11.3 Å². The summed E-state index contributed by atoms with van der Waals surface area (Å²) in [5, 5.41) is 2.98. The zero-order chi connectivity index (χ0) is 19.5. The van der Waals surface area contributed by atoms with E-state index in [0.717, 1.165) is 31.6 Å². The lowest BCUT2D eigenvalue weighted by atomic mass is 9.94. The minimum absolute atomic E-state index is 0.0104. The number of nitrogens with one attached hydrogen (secondary N) is 1. The summed E-state index contributed by atoms with van der Waals surface area (Å²) < 4.78 is 48.2. The molecule has 5 nitrogen and oxygen atoms in total. The van der Waals surface area contributed by atoms with Gasteiger partial charge in [0.25, 0.3) is 0 Å². The number of benzene rings is 1. The van der Waals surface area contributed by atoms with Crippen LogP contribution in [0.2, 0.25) is 0 Å². The first-order valence-corrected chi connectivity index (χ1v) is 10.2. The van der Waals surface area contributed by atoms with E-state index in [-0.39, 0.29) is 10.8 Å². The van der Waals surface area contributed by atoms with Crippen LogP contribution in [0.5, 0.6) is 0 Å². The third-order valence-corrected chi connectivity index (χ3v) is 5.91. The van der Waals surface area contributed by atoms with Gasteiger partial charge in [-0.2, -0.15) is 8.78 Å². The summed E-state index contributed by atoms with van der Waals surface area (Å²) in [6.07, 6.45) is 1.95. The smallest absolute Gasteiger partial charge is 0.341 e. The van der Waals surface area contributed by atoms with E-state index < -0.39 is 21.0 Å². The normalized spacial score (nSPS) is 18.8. The first-order valence-electron chi connectivity index (χ1n) is 8.67.